The van der Waals surface area contributed by atoms with Crippen LogP contribution in [-0.2, 0) is 0 Å². The molecule has 0 saturated carbocycles. The van der Waals surface area contributed by atoms with Crippen molar-refractivity contribution in [1.82, 2.24) is 0 Å². The SMILES string of the molecule is O=C(c1c(O)cc(O)cc1O)c1c(O)c(O)c(O)c(OOc2c(O)c(O)c(O)c(O)c2C(=O)c2cc(O)cc(O)c2O)c1O. The normalized spacial score (nSPS) is 10.8. The molecule has 230 valence electrons. The molecule has 0 bridgehead atoms. The summed E-state index contributed by atoms with van der Waals surface area (Å²) in [7, 11) is 0. The van der Waals surface area contributed by atoms with Crippen LogP contribution in [0.25, 0.3) is 0 Å². The number of phenols is 14. The summed E-state index contributed by atoms with van der Waals surface area (Å²) in [5.74, 6) is -24.6. The number of phenolic OH excluding ortho intramolecular Hbond substituents is 14. The van der Waals surface area contributed by atoms with Crippen LogP contribution in [0.15, 0.2) is 24.3 Å². The lowest BCUT2D eigenvalue weighted by Crippen LogP contribution is -2.11. The molecule has 44 heavy (non-hydrogen) atoms. The van der Waals surface area contributed by atoms with Gasteiger partial charge in [0.1, 0.15) is 39.7 Å². The molecule has 0 spiro atoms. The number of rotatable bonds is 7. The van der Waals surface area contributed by atoms with Crippen molar-refractivity contribution >= 4 is 11.6 Å². The van der Waals surface area contributed by atoms with Crippen LogP contribution in [0.3, 0.4) is 0 Å². The predicted molar refractivity (Wildman–Crippen MR) is 137 cm³/mol. The maximum atomic E-state index is 13.2. The van der Waals surface area contributed by atoms with Crippen molar-refractivity contribution in [1.29, 1.82) is 0 Å². The first-order valence-electron chi connectivity index (χ1n) is 11.4. The topological polar surface area (TPSA) is 336 Å². The minimum absolute atomic E-state index is 0.560. The molecule has 18 nitrogen and oxygen atoms in total. The van der Waals surface area contributed by atoms with Gasteiger partial charge >= 0.3 is 0 Å². The monoisotopic (exact) mass is 618 g/mol. The summed E-state index contributed by atoms with van der Waals surface area (Å²) < 4.78 is 0. The average Bonchev–Trinajstić information content (AvgIpc) is 2.94. The second-order valence-electron chi connectivity index (χ2n) is 8.74. The largest absolute Gasteiger partial charge is 0.508 e. The fraction of sp³-hybridized carbons (Fsp3) is 0. The summed E-state index contributed by atoms with van der Waals surface area (Å²) in [4.78, 5) is 35.6. The third-order valence-electron chi connectivity index (χ3n) is 5.99. The van der Waals surface area contributed by atoms with Gasteiger partial charge in [-0.25, -0.2) is 0 Å². The molecule has 0 fully saturated rings. The molecule has 0 heterocycles. The molecule has 0 radical (unpaired) electrons. The van der Waals surface area contributed by atoms with E-state index in [-0.39, 0.29) is 0 Å². The van der Waals surface area contributed by atoms with Gasteiger partial charge in [-0.2, -0.15) is 0 Å². The summed E-state index contributed by atoms with van der Waals surface area (Å²) in [6, 6.07) is 2.33. The maximum absolute atomic E-state index is 13.2. The number of carbonyl (C=O) groups excluding carboxylic acids is 2. The first-order chi connectivity index (χ1) is 20.5. The van der Waals surface area contributed by atoms with Gasteiger partial charge in [0.05, 0.1) is 5.56 Å². The quantitative estimate of drug-likeness (QED) is 0.0457. The van der Waals surface area contributed by atoms with Crippen LogP contribution in [-0.4, -0.2) is 83.1 Å². The highest BCUT2D eigenvalue weighted by molar-refractivity contribution is 6.17. The Kier molecular flexibility index (Phi) is 7.12. The van der Waals surface area contributed by atoms with Crippen molar-refractivity contribution in [2.75, 3.05) is 0 Å². The van der Waals surface area contributed by atoms with Crippen molar-refractivity contribution in [2.45, 2.75) is 0 Å². The Morgan fingerprint density at radius 3 is 1.41 bits per heavy atom. The van der Waals surface area contributed by atoms with Crippen molar-refractivity contribution < 1.29 is 90.9 Å². The second-order valence-corrected chi connectivity index (χ2v) is 8.74. The van der Waals surface area contributed by atoms with Crippen LogP contribution in [0.1, 0.15) is 31.8 Å². The highest BCUT2D eigenvalue weighted by Crippen LogP contribution is 2.55. The van der Waals surface area contributed by atoms with E-state index in [9.17, 15) is 81.1 Å². The zero-order chi connectivity index (χ0) is 32.9. The summed E-state index contributed by atoms with van der Waals surface area (Å²) in [5.41, 5.74) is -4.75. The highest BCUT2D eigenvalue weighted by Gasteiger charge is 2.36. The van der Waals surface area contributed by atoms with E-state index in [1.54, 1.807) is 0 Å². The Balaban J connectivity index is 1.88. The number of hydrogen-bond donors (Lipinski definition) is 14. The molecule has 0 amide bonds. The zero-order valence-electron chi connectivity index (χ0n) is 21.2. The summed E-state index contributed by atoms with van der Waals surface area (Å²) in [6.45, 7) is 0. The van der Waals surface area contributed by atoms with Gasteiger partial charge in [0.25, 0.3) is 5.75 Å². The van der Waals surface area contributed by atoms with E-state index in [0.29, 0.717) is 24.3 Å². The van der Waals surface area contributed by atoms with Crippen LogP contribution in [0.5, 0.6) is 92.0 Å². The minimum atomic E-state index is -1.65. The van der Waals surface area contributed by atoms with Crippen LogP contribution >= 0.6 is 0 Å². The van der Waals surface area contributed by atoms with Gasteiger partial charge in [-0.1, -0.05) is 0 Å². The van der Waals surface area contributed by atoms with Gasteiger partial charge in [0.2, 0.25) is 46.1 Å². The van der Waals surface area contributed by atoms with E-state index in [0.717, 1.165) is 0 Å². The fourth-order valence-electron chi connectivity index (χ4n) is 3.89. The number of carbonyl (C=O) groups is 2. The van der Waals surface area contributed by atoms with Crippen LogP contribution < -0.4 is 9.78 Å². The average molecular weight is 618 g/mol. The lowest BCUT2D eigenvalue weighted by atomic mass is 9.98. The molecule has 4 aromatic carbocycles. The molecule has 4 rings (SSSR count). The Labute approximate surface area is 241 Å². The fourth-order valence-corrected chi connectivity index (χ4v) is 3.89. The first-order valence-corrected chi connectivity index (χ1v) is 11.4. The highest BCUT2D eigenvalue weighted by atomic mass is 17.2. The van der Waals surface area contributed by atoms with Crippen molar-refractivity contribution in [3.8, 4) is 92.0 Å². The molecular formula is C26H18O18. The Hall–Kier alpha value is -6.98. The van der Waals surface area contributed by atoms with Gasteiger partial charge in [0, 0.05) is 18.2 Å². The number of hydrogen-bond acceptors (Lipinski definition) is 18. The van der Waals surface area contributed by atoms with E-state index in [1.165, 1.54) is 0 Å². The lowest BCUT2D eigenvalue weighted by molar-refractivity contribution is -0.106. The zero-order valence-corrected chi connectivity index (χ0v) is 21.2. The second kappa shape index (κ2) is 10.4. The Bertz CT molecular complexity index is 1870. The Morgan fingerprint density at radius 2 is 0.818 bits per heavy atom. The lowest BCUT2D eigenvalue weighted by Gasteiger charge is -2.18. The van der Waals surface area contributed by atoms with Crippen molar-refractivity contribution in [2.24, 2.45) is 0 Å². The van der Waals surface area contributed by atoms with Gasteiger partial charge < -0.3 is 71.5 Å². The molecule has 18 heteroatoms. The van der Waals surface area contributed by atoms with Crippen LogP contribution in [0.2, 0.25) is 0 Å². The summed E-state index contributed by atoms with van der Waals surface area (Å²) in [5, 5.41) is 141. The number of ketones is 2. The van der Waals surface area contributed by atoms with E-state index in [2.05, 4.69) is 4.89 Å². The number of aromatic hydroxyl groups is 14. The summed E-state index contributed by atoms with van der Waals surface area (Å²) >= 11 is 0. The van der Waals surface area contributed by atoms with E-state index < -0.39 is 126 Å². The molecule has 14 N–H and O–H groups in total. The minimum Gasteiger partial charge on any atom is -0.508 e. The summed E-state index contributed by atoms with van der Waals surface area (Å²) in [6.07, 6.45) is 0. The van der Waals surface area contributed by atoms with Crippen LogP contribution in [0.4, 0.5) is 0 Å². The van der Waals surface area contributed by atoms with Crippen LogP contribution in [0, 0.1) is 0 Å². The van der Waals surface area contributed by atoms with E-state index >= 15 is 0 Å². The standard InChI is InChI=1S/C26H18O18/c27-5-1-7(14(32)10(31)4-5)15(33)13-18(36)20(38)22(40)23(41)25(13)43-44-26-19(37)12(17(35)21(39)24(26)42)16(34)11-8(29)2-6(28)3-9(11)30/h1-4,27-32,35-42H. The third kappa shape index (κ3) is 4.59. The molecule has 0 aliphatic rings. The molecule has 0 aromatic heterocycles. The molecule has 0 atom stereocenters. The van der Waals surface area contributed by atoms with E-state index in [4.69, 9.17) is 4.89 Å². The smallest absolute Gasteiger partial charge is 0.266 e. The third-order valence-corrected chi connectivity index (χ3v) is 5.99. The van der Waals surface area contributed by atoms with Crippen molar-refractivity contribution in [3.63, 3.8) is 0 Å². The predicted octanol–water partition coefficient (Wildman–Crippen LogP) is 1.40. The van der Waals surface area contributed by atoms with Crippen molar-refractivity contribution in [3.05, 3.63) is 46.5 Å². The molecule has 4 aromatic rings. The molecule has 0 saturated heterocycles. The van der Waals surface area contributed by atoms with Gasteiger partial charge in [0.15, 0.2) is 28.7 Å². The maximum Gasteiger partial charge on any atom is 0.266 e. The molecule has 0 aliphatic heterocycles. The number of benzene rings is 4. The van der Waals surface area contributed by atoms with Gasteiger partial charge in [-0.05, 0) is 6.07 Å². The van der Waals surface area contributed by atoms with E-state index in [1.807, 2.05) is 0 Å². The molecular weight excluding hydrogens is 600 g/mol. The Morgan fingerprint density at radius 1 is 0.386 bits per heavy atom. The first kappa shape index (κ1) is 30.0. The molecule has 0 unspecified atom stereocenters. The van der Waals surface area contributed by atoms with Gasteiger partial charge in [-0.3, -0.25) is 19.4 Å². The van der Waals surface area contributed by atoms with Gasteiger partial charge in [-0.15, -0.1) is 0 Å². The molecule has 0 aliphatic carbocycles.